The molecule has 41 heavy (non-hydrogen) atoms. The highest BCUT2D eigenvalue weighted by Crippen LogP contribution is 2.16. The SMILES string of the molecule is O=C(N[S+]([O-])Cc1ccccc1)c1ccc(N2CCN(C(=O)c3cncc(C#Cc4cncc(O)c4)c3)CC2)nn1. The number of amides is 2. The van der Waals surface area contributed by atoms with Crippen LogP contribution in [0.3, 0.4) is 0 Å². The third kappa shape index (κ3) is 7.36. The molecule has 1 fully saturated rings. The number of nitrogens with one attached hydrogen (secondary N) is 1. The van der Waals surface area contributed by atoms with Crippen molar-refractivity contribution in [2.45, 2.75) is 5.75 Å². The van der Waals surface area contributed by atoms with Crippen LogP contribution in [0, 0.1) is 11.8 Å². The van der Waals surface area contributed by atoms with Crippen molar-refractivity contribution in [1.82, 2.24) is 29.8 Å². The second-order valence-corrected chi connectivity index (χ2v) is 10.3. The van der Waals surface area contributed by atoms with E-state index in [1.165, 1.54) is 24.7 Å². The molecule has 4 aromatic rings. The minimum atomic E-state index is -1.59. The molecule has 1 aliphatic heterocycles. The Morgan fingerprint density at radius 3 is 2.29 bits per heavy atom. The van der Waals surface area contributed by atoms with Gasteiger partial charge in [-0.1, -0.05) is 42.2 Å². The van der Waals surface area contributed by atoms with Crippen LogP contribution in [0.15, 0.2) is 79.4 Å². The minimum absolute atomic E-state index is 0.0256. The topological polar surface area (TPSA) is 148 Å². The maximum Gasteiger partial charge on any atom is 0.312 e. The number of carbonyl (C=O) groups is 2. The first-order chi connectivity index (χ1) is 19.9. The normalized spacial score (nSPS) is 13.6. The second-order valence-electron chi connectivity index (χ2n) is 9.11. The van der Waals surface area contributed by atoms with Crippen molar-refractivity contribution in [1.29, 1.82) is 0 Å². The van der Waals surface area contributed by atoms with E-state index in [0.29, 0.717) is 48.7 Å². The number of benzene rings is 1. The van der Waals surface area contributed by atoms with Crippen molar-refractivity contribution >= 4 is 29.0 Å². The van der Waals surface area contributed by atoms with E-state index in [9.17, 15) is 19.2 Å². The Kier molecular flexibility index (Phi) is 8.68. The average Bonchev–Trinajstić information content (AvgIpc) is 3.00. The lowest BCUT2D eigenvalue weighted by Gasteiger charge is -2.35. The Morgan fingerprint density at radius 1 is 0.902 bits per heavy atom. The third-order valence-electron chi connectivity index (χ3n) is 6.18. The molecular weight excluding hydrogens is 542 g/mol. The number of piperazine rings is 1. The Labute approximate surface area is 239 Å². The summed E-state index contributed by atoms with van der Waals surface area (Å²) in [5, 5.41) is 17.7. The van der Waals surface area contributed by atoms with Gasteiger partial charge in [0, 0.05) is 61.5 Å². The average molecular weight is 568 g/mol. The van der Waals surface area contributed by atoms with Crippen LogP contribution in [0.25, 0.3) is 0 Å². The van der Waals surface area contributed by atoms with E-state index in [0.717, 1.165) is 5.56 Å². The Hall–Kier alpha value is -4.99. The van der Waals surface area contributed by atoms with Crippen LogP contribution in [-0.2, 0) is 17.1 Å². The van der Waals surface area contributed by atoms with Gasteiger partial charge in [-0.2, -0.15) is 4.72 Å². The van der Waals surface area contributed by atoms with Gasteiger partial charge in [0.2, 0.25) is 0 Å². The molecule has 11 nitrogen and oxygen atoms in total. The molecule has 12 heteroatoms. The largest absolute Gasteiger partial charge is 0.593 e. The van der Waals surface area contributed by atoms with E-state index >= 15 is 0 Å². The number of aromatic hydroxyl groups is 1. The second kappa shape index (κ2) is 12.9. The molecular formula is C29H25N7O4S. The van der Waals surface area contributed by atoms with Gasteiger partial charge in [-0.25, -0.2) is 0 Å². The quantitative estimate of drug-likeness (QED) is 0.263. The fourth-order valence-electron chi connectivity index (χ4n) is 4.12. The maximum absolute atomic E-state index is 13.1. The minimum Gasteiger partial charge on any atom is -0.593 e. The summed E-state index contributed by atoms with van der Waals surface area (Å²) in [6.07, 6.45) is 5.95. The van der Waals surface area contributed by atoms with Crippen LogP contribution >= 0.6 is 0 Å². The lowest BCUT2D eigenvalue weighted by atomic mass is 10.1. The third-order valence-corrected chi connectivity index (χ3v) is 7.19. The summed E-state index contributed by atoms with van der Waals surface area (Å²) in [4.78, 5) is 37.3. The highest BCUT2D eigenvalue weighted by molar-refractivity contribution is 7.89. The van der Waals surface area contributed by atoms with Crippen molar-refractivity contribution in [3.05, 3.63) is 107 Å². The van der Waals surface area contributed by atoms with Gasteiger partial charge in [-0.15, -0.1) is 10.2 Å². The molecule has 1 unspecified atom stereocenters. The fraction of sp³-hybridized carbons (Fsp3) is 0.172. The monoisotopic (exact) mass is 567 g/mol. The smallest absolute Gasteiger partial charge is 0.312 e. The summed E-state index contributed by atoms with van der Waals surface area (Å²) in [6, 6.07) is 15.7. The number of anilines is 1. The summed E-state index contributed by atoms with van der Waals surface area (Å²) in [5.74, 6) is 5.94. The number of aromatic nitrogens is 4. The number of carbonyl (C=O) groups excluding carboxylic acids is 2. The molecule has 1 aliphatic rings. The summed E-state index contributed by atoms with van der Waals surface area (Å²) in [5.41, 5.74) is 2.47. The molecule has 0 aliphatic carbocycles. The number of nitrogens with zero attached hydrogens (tertiary/aromatic N) is 6. The fourth-order valence-corrected chi connectivity index (χ4v) is 5.00. The van der Waals surface area contributed by atoms with E-state index in [1.54, 1.807) is 29.3 Å². The highest BCUT2D eigenvalue weighted by Gasteiger charge is 2.24. The predicted molar refractivity (Wildman–Crippen MR) is 152 cm³/mol. The van der Waals surface area contributed by atoms with Crippen molar-refractivity contribution in [2.24, 2.45) is 0 Å². The number of pyridine rings is 2. The first-order valence-corrected chi connectivity index (χ1v) is 14.0. The number of rotatable bonds is 6. The summed E-state index contributed by atoms with van der Waals surface area (Å²) in [6.45, 7) is 1.99. The zero-order chi connectivity index (χ0) is 28.6. The summed E-state index contributed by atoms with van der Waals surface area (Å²) >= 11 is -1.59. The highest BCUT2D eigenvalue weighted by atomic mass is 32.2. The zero-order valence-corrected chi connectivity index (χ0v) is 22.6. The molecule has 1 atom stereocenters. The van der Waals surface area contributed by atoms with Crippen LogP contribution in [0.2, 0.25) is 0 Å². The lowest BCUT2D eigenvalue weighted by Crippen LogP contribution is -2.49. The summed E-state index contributed by atoms with van der Waals surface area (Å²) in [7, 11) is 0. The van der Waals surface area contributed by atoms with Gasteiger partial charge in [0.1, 0.15) is 5.75 Å². The molecule has 0 radical (unpaired) electrons. The molecule has 4 heterocycles. The zero-order valence-electron chi connectivity index (χ0n) is 21.8. The van der Waals surface area contributed by atoms with Crippen molar-refractivity contribution in [2.75, 3.05) is 31.1 Å². The molecule has 2 amide bonds. The van der Waals surface area contributed by atoms with E-state index < -0.39 is 17.3 Å². The van der Waals surface area contributed by atoms with Gasteiger partial charge in [0.25, 0.3) is 5.91 Å². The molecule has 3 aromatic heterocycles. The molecule has 1 saturated heterocycles. The van der Waals surface area contributed by atoms with Gasteiger partial charge in [-0.3, -0.25) is 19.6 Å². The number of hydrogen-bond acceptors (Lipinski definition) is 9. The molecule has 5 rings (SSSR count). The van der Waals surface area contributed by atoms with Crippen molar-refractivity contribution < 1.29 is 19.2 Å². The van der Waals surface area contributed by atoms with Gasteiger partial charge < -0.3 is 19.5 Å². The Balaban J connectivity index is 1.14. The molecule has 0 bridgehead atoms. The Bertz CT molecular complexity index is 1580. The molecule has 2 N–H and O–H groups in total. The standard InChI is InChI=1S/C29H25N7O4S/c37-25-15-23(17-31-19-25)7-6-22-14-24(18-30-16-22)29(39)36-12-10-35(11-13-36)27-9-8-26(32-33-27)28(38)34-41(40)20-21-4-2-1-3-5-21/h1-5,8-9,14-19,37H,10-13,20H2,(H,34,38). The van der Waals surface area contributed by atoms with Crippen molar-refractivity contribution in [3.63, 3.8) is 0 Å². The van der Waals surface area contributed by atoms with E-state index in [4.69, 9.17) is 0 Å². The first-order valence-electron chi connectivity index (χ1n) is 12.7. The molecule has 0 saturated carbocycles. The van der Waals surface area contributed by atoms with Gasteiger partial charge in [-0.05, 0) is 24.3 Å². The first kappa shape index (κ1) is 27.6. The van der Waals surface area contributed by atoms with Crippen LogP contribution in [0.5, 0.6) is 5.75 Å². The van der Waals surface area contributed by atoms with Crippen LogP contribution in [-0.4, -0.2) is 72.7 Å². The van der Waals surface area contributed by atoms with E-state index in [2.05, 4.69) is 36.7 Å². The molecule has 1 aromatic carbocycles. The van der Waals surface area contributed by atoms with Crippen LogP contribution in [0.4, 0.5) is 5.82 Å². The maximum atomic E-state index is 13.1. The van der Waals surface area contributed by atoms with E-state index in [1.807, 2.05) is 35.2 Å². The Morgan fingerprint density at radius 2 is 1.61 bits per heavy atom. The van der Waals surface area contributed by atoms with Gasteiger partial charge in [0.15, 0.2) is 17.3 Å². The van der Waals surface area contributed by atoms with E-state index in [-0.39, 0.29) is 23.1 Å². The van der Waals surface area contributed by atoms with Gasteiger partial charge in [0.05, 0.1) is 23.1 Å². The van der Waals surface area contributed by atoms with Gasteiger partial charge >= 0.3 is 5.91 Å². The van der Waals surface area contributed by atoms with Crippen LogP contribution in [0.1, 0.15) is 37.5 Å². The summed E-state index contributed by atoms with van der Waals surface area (Å²) < 4.78 is 14.7. The van der Waals surface area contributed by atoms with Crippen LogP contribution < -0.4 is 9.62 Å². The molecule has 206 valence electrons. The molecule has 0 spiro atoms. The number of hydrogen-bond donors (Lipinski definition) is 2. The predicted octanol–water partition coefficient (Wildman–Crippen LogP) is 1.93. The lowest BCUT2D eigenvalue weighted by molar-refractivity contribution is 0.0745. The van der Waals surface area contributed by atoms with Crippen molar-refractivity contribution in [3.8, 4) is 17.6 Å².